The molecule has 1 aliphatic carbocycles. The fourth-order valence-corrected chi connectivity index (χ4v) is 4.28. The third-order valence-corrected chi connectivity index (χ3v) is 4.73. The second kappa shape index (κ2) is 5.67. The van der Waals surface area contributed by atoms with E-state index in [9.17, 15) is 0 Å². The molecule has 90 valence electrons. The molecule has 15 heavy (non-hydrogen) atoms. The third-order valence-electron chi connectivity index (χ3n) is 3.72. The van der Waals surface area contributed by atoms with Gasteiger partial charge in [0.15, 0.2) is 0 Å². The van der Waals surface area contributed by atoms with Crippen LogP contribution >= 0.6 is 15.9 Å². The molecule has 0 aromatic carbocycles. The van der Waals surface area contributed by atoms with Crippen LogP contribution in [0.4, 0.5) is 0 Å². The molecule has 0 N–H and O–H groups in total. The van der Waals surface area contributed by atoms with Gasteiger partial charge >= 0.3 is 0 Å². The molecule has 3 unspecified atom stereocenters. The van der Waals surface area contributed by atoms with Gasteiger partial charge in [-0.15, -0.1) is 0 Å². The molecule has 0 heterocycles. The highest BCUT2D eigenvalue weighted by Gasteiger charge is 2.37. The Bertz CT molecular complexity index is 191. The molecule has 0 aromatic heterocycles. The lowest BCUT2D eigenvalue weighted by molar-refractivity contribution is 0.0211. The van der Waals surface area contributed by atoms with Crippen molar-refractivity contribution in [3.63, 3.8) is 0 Å². The Balaban J connectivity index is 2.53. The smallest absolute Gasteiger partial charge is 0.0520 e. The fraction of sp³-hybridized carbons (Fsp3) is 1.00. The molecule has 0 aliphatic heterocycles. The van der Waals surface area contributed by atoms with Crippen molar-refractivity contribution < 1.29 is 4.74 Å². The van der Waals surface area contributed by atoms with E-state index in [-0.39, 0.29) is 0 Å². The molecule has 1 saturated carbocycles. The van der Waals surface area contributed by atoms with E-state index in [2.05, 4.69) is 43.6 Å². The molecule has 1 fully saturated rings. The van der Waals surface area contributed by atoms with Crippen molar-refractivity contribution in [3.8, 4) is 0 Å². The van der Waals surface area contributed by atoms with Crippen LogP contribution in [0.5, 0.6) is 0 Å². The quantitative estimate of drug-likeness (QED) is 0.698. The molecule has 1 nitrogen and oxygen atoms in total. The fourth-order valence-electron chi connectivity index (χ4n) is 2.66. The summed E-state index contributed by atoms with van der Waals surface area (Å²) in [5.41, 5.74) is 0.310. The van der Waals surface area contributed by atoms with Gasteiger partial charge in [-0.05, 0) is 37.0 Å². The molecule has 0 amide bonds. The lowest BCUT2D eigenvalue weighted by atomic mass is 9.69. The van der Waals surface area contributed by atoms with Crippen molar-refractivity contribution in [2.75, 3.05) is 13.2 Å². The topological polar surface area (TPSA) is 9.23 Å². The first-order valence-electron chi connectivity index (χ1n) is 6.19. The van der Waals surface area contributed by atoms with E-state index in [1.54, 1.807) is 0 Å². The van der Waals surface area contributed by atoms with Crippen molar-refractivity contribution in [2.45, 2.75) is 51.8 Å². The lowest BCUT2D eigenvalue weighted by Gasteiger charge is -2.41. The first-order chi connectivity index (χ1) is 6.97. The summed E-state index contributed by atoms with van der Waals surface area (Å²) in [6, 6.07) is 0. The van der Waals surface area contributed by atoms with Gasteiger partial charge in [0.25, 0.3) is 0 Å². The summed E-state index contributed by atoms with van der Waals surface area (Å²) in [4.78, 5) is 0.678. The van der Waals surface area contributed by atoms with Crippen molar-refractivity contribution >= 4 is 15.9 Å². The molecule has 2 heteroatoms. The summed E-state index contributed by atoms with van der Waals surface area (Å²) in [7, 11) is 0. The van der Waals surface area contributed by atoms with Crippen LogP contribution < -0.4 is 0 Å². The van der Waals surface area contributed by atoms with Crippen LogP contribution in [0.2, 0.25) is 0 Å². The molecular formula is C13H25BrO. The number of halogens is 1. The van der Waals surface area contributed by atoms with Crippen LogP contribution in [-0.4, -0.2) is 18.0 Å². The molecule has 0 saturated heterocycles. The van der Waals surface area contributed by atoms with Gasteiger partial charge in [0.05, 0.1) is 6.61 Å². The minimum absolute atomic E-state index is 0.310. The molecule has 3 atom stereocenters. The van der Waals surface area contributed by atoms with E-state index in [1.165, 1.54) is 19.3 Å². The van der Waals surface area contributed by atoms with Crippen molar-refractivity contribution in [1.82, 2.24) is 0 Å². The van der Waals surface area contributed by atoms with Gasteiger partial charge < -0.3 is 4.74 Å². The second-order valence-corrected chi connectivity index (χ2v) is 6.84. The molecule has 0 radical (unpaired) electrons. The summed E-state index contributed by atoms with van der Waals surface area (Å²) in [6.45, 7) is 10.9. The summed E-state index contributed by atoms with van der Waals surface area (Å²) in [5.74, 6) is 1.65. The molecule has 0 spiro atoms. The zero-order valence-corrected chi connectivity index (χ0v) is 12.1. The molecule has 0 bridgehead atoms. The van der Waals surface area contributed by atoms with Gasteiger partial charge in [-0.3, -0.25) is 0 Å². The number of alkyl halides is 1. The maximum atomic E-state index is 5.61. The average molecular weight is 277 g/mol. The lowest BCUT2D eigenvalue weighted by Crippen LogP contribution is -2.38. The largest absolute Gasteiger partial charge is 0.381 e. The zero-order chi connectivity index (χ0) is 11.5. The summed E-state index contributed by atoms with van der Waals surface area (Å²) >= 11 is 3.87. The summed E-state index contributed by atoms with van der Waals surface area (Å²) in [5, 5.41) is 0. The normalized spacial score (nSPS) is 33.0. The van der Waals surface area contributed by atoms with E-state index < -0.39 is 0 Å². The number of hydrogen-bond acceptors (Lipinski definition) is 1. The van der Waals surface area contributed by atoms with Crippen LogP contribution in [0, 0.1) is 17.3 Å². The van der Waals surface area contributed by atoms with E-state index in [0.29, 0.717) is 10.2 Å². The molecular weight excluding hydrogens is 252 g/mol. The summed E-state index contributed by atoms with van der Waals surface area (Å²) < 4.78 is 5.61. The van der Waals surface area contributed by atoms with Crippen molar-refractivity contribution in [2.24, 2.45) is 17.3 Å². The number of ether oxygens (including phenoxy) is 1. The Kier molecular flexibility index (Phi) is 5.11. The Hall–Kier alpha value is 0.440. The summed E-state index contributed by atoms with van der Waals surface area (Å²) in [6.07, 6.45) is 4.04. The highest BCUT2D eigenvalue weighted by molar-refractivity contribution is 9.09. The van der Waals surface area contributed by atoms with Gasteiger partial charge in [-0.2, -0.15) is 0 Å². The van der Waals surface area contributed by atoms with Gasteiger partial charge in [0.1, 0.15) is 0 Å². The Labute approximate surface area is 103 Å². The molecule has 1 rings (SSSR count). The third kappa shape index (κ3) is 3.74. The highest BCUT2D eigenvalue weighted by Crippen LogP contribution is 2.43. The van der Waals surface area contributed by atoms with Crippen LogP contribution in [0.25, 0.3) is 0 Å². The Morgan fingerprint density at radius 1 is 1.33 bits per heavy atom. The Morgan fingerprint density at radius 2 is 2.00 bits per heavy atom. The predicted octanol–water partition coefficient (Wildman–Crippen LogP) is 4.25. The van der Waals surface area contributed by atoms with Crippen LogP contribution in [0.1, 0.15) is 47.0 Å². The average Bonchev–Trinajstić information content (AvgIpc) is 2.14. The first-order valence-corrected chi connectivity index (χ1v) is 7.10. The minimum atomic E-state index is 0.310. The highest BCUT2D eigenvalue weighted by atomic mass is 79.9. The van der Waals surface area contributed by atoms with E-state index in [0.717, 1.165) is 25.0 Å². The van der Waals surface area contributed by atoms with Crippen molar-refractivity contribution in [3.05, 3.63) is 0 Å². The van der Waals surface area contributed by atoms with E-state index in [1.807, 2.05) is 0 Å². The SMILES string of the molecule is CCOCC(C)(C)C1CCC(C)CC1Br. The number of rotatable bonds is 4. The van der Waals surface area contributed by atoms with Gasteiger partial charge in [-0.1, -0.05) is 43.1 Å². The molecule has 0 aromatic rings. The van der Waals surface area contributed by atoms with Crippen LogP contribution in [-0.2, 0) is 4.74 Å². The van der Waals surface area contributed by atoms with Gasteiger partial charge in [0.2, 0.25) is 0 Å². The van der Waals surface area contributed by atoms with Crippen molar-refractivity contribution in [1.29, 1.82) is 0 Å². The van der Waals surface area contributed by atoms with Crippen LogP contribution in [0.15, 0.2) is 0 Å². The maximum absolute atomic E-state index is 5.61. The number of hydrogen-bond donors (Lipinski definition) is 0. The zero-order valence-electron chi connectivity index (χ0n) is 10.6. The standard InChI is InChI=1S/C13H25BrO/c1-5-15-9-13(3,4)11-7-6-10(2)8-12(11)14/h10-12H,5-9H2,1-4H3. The van der Waals surface area contributed by atoms with Crippen LogP contribution in [0.3, 0.4) is 0 Å². The molecule has 1 aliphatic rings. The van der Waals surface area contributed by atoms with E-state index >= 15 is 0 Å². The van der Waals surface area contributed by atoms with E-state index in [4.69, 9.17) is 4.74 Å². The first kappa shape index (κ1) is 13.5. The minimum Gasteiger partial charge on any atom is -0.381 e. The second-order valence-electron chi connectivity index (χ2n) is 5.67. The Morgan fingerprint density at radius 3 is 2.53 bits per heavy atom. The van der Waals surface area contributed by atoms with Gasteiger partial charge in [0, 0.05) is 11.4 Å². The monoisotopic (exact) mass is 276 g/mol. The predicted molar refractivity (Wildman–Crippen MR) is 69.5 cm³/mol. The van der Waals surface area contributed by atoms with Gasteiger partial charge in [-0.25, -0.2) is 0 Å². The maximum Gasteiger partial charge on any atom is 0.0520 e.